The SMILES string of the molecule is CCCCC(CCCC)(CCCC)C(=O)O[N+](=O)[O-]. The van der Waals surface area contributed by atoms with Crippen LogP contribution in [0, 0.1) is 15.5 Å². The van der Waals surface area contributed by atoms with Crippen LogP contribution in [-0.2, 0) is 9.63 Å². The van der Waals surface area contributed by atoms with Crippen LogP contribution >= 0.6 is 0 Å². The lowest BCUT2D eigenvalue weighted by molar-refractivity contribution is -0.731. The maximum Gasteiger partial charge on any atom is 0.309 e. The van der Waals surface area contributed by atoms with Crippen LogP contribution in [0.15, 0.2) is 0 Å². The minimum atomic E-state index is -0.971. The Labute approximate surface area is 115 Å². The summed E-state index contributed by atoms with van der Waals surface area (Å²) in [6.07, 6.45) is 7.71. The molecule has 0 rings (SSSR count). The first-order valence-electron chi connectivity index (χ1n) is 7.39. The fourth-order valence-corrected chi connectivity index (χ4v) is 2.39. The predicted molar refractivity (Wildman–Crippen MR) is 74.1 cm³/mol. The highest BCUT2D eigenvalue weighted by molar-refractivity contribution is 5.76. The normalized spacial score (nSPS) is 11.3. The Hall–Kier alpha value is -1.13. The first-order chi connectivity index (χ1) is 9.02. The van der Waals surface area contributed by atoms with Crippen LogP contribution in [-0.4, -0.2) is 11.1 Å². The highest BCUT2D eigenvalue weighted by Gasteiger charge is 2.38. The zero-order valence-corrected chi connectivity index (χ0v) is 12.4. The molecule has 0 radical (unpaired) electrons. The van der Waals surface area contributed by atoms with Crippen molar-refractivity contribution in [3.63, 3.8) is 0 Å². The fraction of sp³-hybridized carbons (Fsp3) is 0.929. The van der Waals surface area contributed by atoms with E-state index in [-0.39, 0.29) is 0 Å². The summed E-state index contributed by atoms with van der Waals surface area (Å²) in [5.74, 6) is -0.646. The quantitative estimate of drug-likeness (QED) is 0.416. The van der Waals surface area contributed by atoms with Crippen molar-refractivity contribution in [3.8, 4) is 0 Å². The Balaban J connectivity index is 4.95. The first-order valence-corrected chi connectivity index (χ1v) is 7.39. The molecule has 0 aliphatic rings. The van der Waals surface area contributed by atoms with Gasteiger partial charge in [-0.3, -0.25) is 4.79 Å². The van der Waals surface area contributed by atoms with Gasteiger partial charge in [0, 0.05) is 0 Å². The van der Waals surface area contributed by atoms with Gasteiger partial charge in [0.15, 0.2) is 0 Å². The molecule has 112 valence electrons. The van der Waals surface area contributed by atoms with Gasteiger partial charge in [0.05, 0.1) is 5.41 Å². The molecule has 0 heterocycles. The molecule has 0 fully saturated rings. The number of carbonyl (C=O) groups is 1. The van der Waals surface area contributed by atoms with Crippen LogP contribution in [0.4, 0.5) is 0 Å². The molecule has 5 nitrogen and oxygen atoms in total. The molecule has 0 aliphatic carbocycles. The highest BCUT2D eigenvalue weighted by atomic mass is 17.0. The average Bonchev–Trinajstić information content (AvgIpc) is 2.37. The predicted octanol–water partition coefficient (Wildman–Crippen LogP) is 4.28. The van der Waals surface area contributed by atoms with Crippen molar-refractivity contribution in [2.45, 2.75) is 78.6 Å². The molecule has 0 saturated heterocycles. The Morgan fingerprint density at radius 3 is 1.63 bits per heavy atom. The second kappa shape index (κ2) is 9.75. The molecular weight excluding hydrogens is 246 g/mol. The number of hydrogen-bond donors (Lipinski definition) is 0. The molecule has 0 N–H and O–H groups in total. The molecule has 0 unspecified atom stereocenters. The summed E-state index contributed by atoms with van der Waals surface area (Å²) < 4.78 is 0. The summed E-state index contributed by atoms with van der Waals surface area (Å²) in [4.78, 5) is 26.9. The van der Waals surface area contributed by atoms with E-state index in [1.807, 2.05) is 0 Å². The molecule has 0 aliphatic heterocycles. The standard InChI is InChI=1S/C14H27NO4/c1-4-7-10-14(11-8-5-2,12-9-6-3)13(16)19-15(17)18/h4-12H2,1-3H3. The second-order valence-corrected chi connectivity index (χ2v) is 5.19. The molecule has 0 aromatic rings. The lowest BCUT2D eigenvalue weighted by Gasteiger charge is -2.31. The van der Waals surface area contributed by atoms with Crippen molar-refractivity contribution in [1.82, 2.24) is 0 Å². The summed E-state index contributed by atoms with van der Waals surface area (Å²) in [7, 11) is 0. The molecule has 0 amide bonds. The van der Waals surface area contributed by atoms with Crippen molar-refractivity contribution in [2.24, 2.45) is 5.41 Å². The van der Waals surface area contributed by atoms with E-state index in [1.165, 1.54) is 0 Å². The molecule has 0 saturated carbocycles. The van der Waals surface area contributed by atoms with Crippen LogP contribution in [0.2, 0.25) is 0 Å². The number of nitrogens with zero attached hydrogens (tertiary/aromatic N) is 1. The van der Waals surface area contributed by atoms with Gasteiger partial charge in [-0.15, -0.1) is 10.1 Å². The van der Waals surface area contributed by atoms with Crippen LogP contribution in [0.1, 0.15) is 78.6 Å². The smallest absolute Gasteiger partial charge is 0.268 e. The van der Waals surface area contributed by atoms with Gasteiger partial charge in [0.25, 0.3) is 0 Å². The van der Waals surface area contributed by atoms with Crippen molar-refractivity contribution < 1.29 is 14.7 Å². The topological polar surface area (TPSA) is 69.4 Å². The van der Waals surface area contributed by atoms with E-state index in [4.69, 9.17) is 0 Å². The van der Waals surface area contributed by atoms with Crippen LogP contribution < -0.4 is 0 Å². The largest absolute Gasteiger partial charge is 0.309 e. The third-order valence-corrected chi connectivity index (χ3v) is 3.62. The Morgan fingerprint density at radius 2 is 1.37 bits per heavy atom. The zero-order chi connectivity index (χ0) is 14.7. The van der Waals surface area contributed by atoms with Gasteiger partial charge in [0.2, 0.25) is 0 Å². The van der Waals surface area contributed by atoms with E-state index in [2.05, 4.69) is 25.6 Å². The lowest BCUT2D eigenvalue weighted by atomic mass is 9.74. The molecule has 0 spiro atoms. The number of carbonyl (C=O) groups excluding carboxylic acids is 1. The summed E-state index contributed by atoms with van der Waals surface area (Å²) in [6.45, 7) is 6.18. The molecule has 0 aromatic carbocycles. The minimum absolute atomic E-state index is 0.646. The average molecular weight is 273 g/mol. The van der Waals surface area contributed by atoms with Gasteiger partial charge >= 0.3 is 11.1 Å². The van der Waals surface area contributed by atoms with E-state index >= 15 is 0 Å². The van der Waals surface area contributed by atoms with E-state index < -0.39 is 16.5 Å². The summed E-state index contributed by atoms with van der Waals surface area (Å²) in [6, 6.07) is 0. The summed E-state index contributed by atoms with van der Waals surface area (Å²) >= 11 is 0. The fourth-order valence-electron chi connectivity index (χ4n) is 2.39. The van der Waals surface area contributed by atoms with Gasteiger partial charge in [0.1, 0.15) is 0 Å². The highest BCUT2D eigenvalue weighted by Crippen LogP contribution is 2.38. The lowest BCUT2D eigenvalue weighted by Crippen LogP contribution is -2.34. The molecule has 0 aromatic heterocycles. The minimum Gasteiger partial charge on any atom is -0.268 e. The van der Waals surface area contributed by atoms with Crippen LogP contribution in [0.3, 0.4) is 0 Å². The van der Waals surface area contributed by atoms with E-state index in [9.17, 15) is 14.9 Å². The van der Waals surface area contributed by atoms with E-state index in [1.54, 1.807) is 0 Å². The van der Waals surface area contributed by atoms with Crippen molar-refractivity contribution >= 4 is 5.97 Å². The number of unbranched alkanes of at least 4 members (excludes halogenated alkanes) is 3. The Morgan fingerprint density at radius 1 is 1.00 bits per heavy atom. The number of rotatable bonds is 11. The number of hydrogen-bond acceptors (Lipinski definition) is 4. The zero-order valence-electron chi connectivity index (χ0n) is 12.4. The first kappa shape index (κ1) is 17.9. The molecular formula is C14H27NO4. The van der Waals surface area contributed by atoms with E-state index in [0.717, 1.165) is 38.5 Å². The monoisotopic (exact) mass is 273 g/mol. The van der Waals surface area contributed by atoms with Crippen molar-refractivity contribution in [2.75, 3.05) is 0 Å². The maximum absolute atomic E-state index is 12.1. The van der Waals surface area contributed by atoms with Crippen molar-refractivity contribution in [3.05, 3.63) is 10.1 Å². The molecule has 0 atom stereocenters. The van der Waals surface area contributed by atoms with Gasteiger partial charge in [-0.25, -0.2) is 4.84 Å². The Kier molecular flexibility index (Phi) is 9.17. The summed E-state index contributed by atoms with van der Waals surface area (Å²) in [5.41, 5.74) is -0.658. The maximum atomic E-state index is 12.1. The third kappa shape index (κ3) is 6.55. The van der Waals surface area contributed by atoms with E-state index in [0.29, 0.717) is 19.3 Å². The molecule has 19 heavy (non-hydrogen) atoms. The molecule has 0 bridgehead atoms. The Bertz CT molecular complexity index is 257. The third-order valence-electron chi connectivity index (χ3n) is 3.62. The van der Waals surface area contributed by atoms with Gasteiger partial charge < -0.3 is 0 Å². The van der Waals surface area contributed by atoms with Gasteiger partial charge in [-0.05, 0) is 19.3 Å². The molecule has 5 heteroatoms. The second-order valence-electron chi connectivity index (χ2n) is 5.19. The van der Waals surface area contributed by atoms with Gasteiger partial charge in [-0.2, -0.15) is 0 Å². The van der Waals surface area contributed by atoms with Crippen LogP contribution in [0.5, 0.6) is 0 Å². The van der Waals surface area contributed by atoms with Gasteiger partial charge in [-0.1, -0.05) is 59.3 Å². The van der Waals surface area contributed by atoms with Crippen LogP contribution in [0.25, 0.3) is 0 Å². The summed E-state index contributed by atoms with van der Waals surface area (Å²) in [5, 5.41) is 9.47. The van der Waals surface area contributed by atoms with Crippen molar-refractivity contribution in [1.29, 1.82) is 0 Å².